The Morgan fingerprint density at radius 1 is 1.24 bits per heavy atom. The number of carbonyl (C=O) groups is 2. The van der Waals surface area contributed by atoms with E-state index in [1.165, 1.54) is 18.2 Å². The number of nitrogens with two attached hydrogens (primary N) is 1. The maximum absolute atomic E-state index is 12.0. The molecule has 1 heterocycles. The highest BCUT2D eigenvalue weighted by atomic mass is 32.2. The lowest BCUT2D eigenvalue weighted by molar-refractivity contribution is 0.0694. The van der Waals surface area contributed by atoms with Gasteiger partial charge in [0.1, 0.15) is 11.3 Å². The molecule has 0 atom stereocenters. The van der Waals surface area contributed by atoms with Crippen molar-refractivity contribution in [3.63, 3.8) is 0 Å². The summed E-state index contributed by atoms with van der Waals surface area (Å²) < 4.78 is 27.6. The van der Waals surface area contributed by atoms with Gasteiger partial charge < -0.3 is 14.8 Å². The van der Waals surface area contributed by atoms with Gasteiger partial charge >= 0.3 is 5.97 Å². The van der Waals surface area contributed by atoms with Crippen LogP contribution < -0.4 is 10.5 Å². The molecule has 0 saturated heterocycles. The molecule has 0 aliphatic carbocycles. The molecular weight excluding hydrogens is 348 g/mol. The molecule has 0 fully saturated rings. The number of carbonyl (C=O) groups excluding carboxylic acids is 1. The number of hydrogen-bond donors (Lipinski definition) is 3. The molecule has 25 heavy (non-hydrogen) atoms. The molecule has 0 radical (unpaired) electrons. The summed E-state index contributed by atoms with van der Waals surface area (Å²) in [6, 6.07) is 7.21. The Morgan fingerprint density at radius 2 is 1.88 bits per heavy atom. The second-order valence-corrected chi connectivity index (χ2v) is 6.86. The fourth-order valence-corrected chi connectivity index (χ4v) is 2.75. The third-order valence-corrected chi connectivity index (χ3v) is 4.46. The predicted molar refractivity (Wildman–Crippen MR) is 88.9 cm³/mol. The Balaban J connectivity index is 1.95. The van der Waals surface area contributed by atoms with Crippen LogP contribution in [0.1, 0.15) is 39.2 Å². The summed E-state index contributed by atoms with van der Waals surface area (Å²) in [7, 11) is -3.73. The van der Waals surface area contributed by atoms with E-state index in [2.05, 4.69) is 5.32 Å². The normalized spacial score (nSPS) is 11.3. The van der Waals surface area contributed by atoms with Crippen LogP contribution >= 0.6 is 0 Å². The monoisotopic (exact) mass is 366 g/mol. The van der Waals surface area contributed by atoms with E-state index in [1.54, 1.807) is 19.1 Å². The molecule has 0 aliphatic heterocycles. The van der Waals surface area contributed by atoms with Gasteiger partial charge in [0.05, 0.1) is 4.90 Å². The lowest BCUT2D eigenvalue weighted by atomic mass is 10.1. The summed E-state index contributed by atoms with van der Waals surface area (Å²) in [5.41, 5.74) is 0.791. The van der Waals surface area contributed by atoms with Gasteiger partial charge in [-0.1, -0.05) is 19.1 Å². The van der Waals surface area contributed by atoms with E-state index in [4.69, 9.17) is 14.7 Å². The number of primary sulfonamides is 1. The van der Waals surface area contributed by atoms with E-state index in [1.807, 2.05) is 0 Å². The van der Waals surface area contributed by atoms with Crippen molar-refractivity contribution in [1.82, 2.24) is 5.32 Å². The number of amides is 1. The first-order valence-electron chi connectivity index (χ1n) is 7.48. The summed E-state index contributed by atoms with van der Waals surface area (Å²) >= 11 is 0. The molecular formula is C16H18N2O6S. The second-order valence-electron chi connectivity index (χ2n) is 5.30. The maximum Gasteiger partial charge on any atom is 0.339 e. The number of carboxylic acids is 1. The quantitative estimate of drug-likeness (QED) is 0.672. The van der Waals surface area contributed by atoms with Crippen molar-refractivity contribution < 1.29 is 27.5 Å². The first kappa shape index (κ1) is 18.7. The van der Waals surface area contributed by atoms with Crippen LogP contribution in [0.4, 0.5) is 0 Å². The summed E-state index contributed by atoms with van der Waals surface area (Å²) in [6.45, 7) is 2.01. The van der Waals surface area contributed by atoms with Gasteiger partial charge in [0.25, 0.3) is 5.91 Å². The Labute approximate surface area is 144 Å². The predicted octanol–water partition coefficient (Wildman–Crippen LogP) is 1.16. The van der Waals surface area contributed by atoms with Crippen molar-refractivity contribution in [3.05, 3.63) is 53.0 Å². The molecule has 1 aromatic carbocycles. The average molecular weight is 366 g/mol. The van der Waals surface area contributed by atoms with Crippen LogP contribution in [0.15, 0.2) is 39.6 Å². The topological polar surface area (TPSA) is 140 Å². The van der Waals surface area contributed by atoms with Gasteiger partial charge in [0.15, 0.2) is 5.76 Å². The van der Waals surface area contributed by atoms with Crippen LogP contribution in [-0.2, 0) is 22.9 Å². The SMILES string of the molecule is CCc1oc(C(=O)NCCc2ccc(S(N)(=O)=O)cc2)cc1C(=O)O. The molecule has 0 spiro atoms. The molecule has 0 saturated carbocycles. The van der Waals surface area contributed by atoms with Crippen LogP contribution in [0.3, 0.4) is 0 Å². The van der Waals surface area contributed by atoms with E-state index < -0.39 is 21.9 Å². The molecule has 2 aromatic rings. The summed E-state index contributed by atoms with van der Waals surface area (Å²) in [5.74, 6) is -1.46. The highest BCUT2D eigenvalue weighted by molar-refractivity contribution is 7.89. The van der Waals surface area contributed by atoms with Crippen molar-refractivity contribution >= 4 is 21.9 Å². The molecule has 0 unspecified atom stereocenters. The molecule has 4 N–H and O–H groups in total. The molecule has 8 nitrogen and oxygen atoms in total. The summed E-state index contributed by atoms with van der Waals surface area (Å²) in [6.07, 6.45) is 0.828. The standard InChI is InChI=1S/C16H18N2O6S/c1-2-13-12(16(20)21)9-14(24-13)15(19)18-8-7-10-3-5-11(6-4-10)25(17,22)23/h3-6,9H,2,7-8H2,1H3,(H,18,19)(H,20,21)(H2,17,22,23). The fourth-order valence-electron chi connectivity index (χ4n) is 2.24. The number of furan rings is 1. The average Bonchev–Trinajstić information content (AvgIpc) is 2.99. The first-order chi connectivity index (χ1) is 11.7. The largest absolute Gasteiger partial charge is 0.478 e. The van der Waals surface area contributed by atoms with Gasteiger partial charge in [-0.3, -0.25) is 4.79 Å². The number of carboxylic acid groups (broad SMARTS) is 1. The molecule has 0 bridgehead atoms. The Morgan fingerprint density at radius 3 is 2.36 bits per heavy atom. The molecule has 134 valence electrons. The minimum atomic E-state index is -3.73. The number of aryl methyl sites for hydroxylation is 1. The number of sulfonamides is 1. The third-order valence-electron chi connectivity index (χ3n) is 3.54. The van der Waals surface area contributed by atoms with Crippen molar-refractivity contribution in [2.45, 2.75) is 24.7 Å². The van der Waals surface area contributed by atoms with Gasteiger partial charge in [-0.15, -0.1) is 0 Å². The molecule has 1 aromatic heterocycles. The minimum absolute atomic E-state index is 0.0177. The Kier molecular flexibility index (Phi) is 5.60. The first-order valence-corrected chi connectivity index (χ1v) is 9.03. The maximum atomic E-state index is 12.0. The molecule has 2 rings (SSSR count). The van der Waals surface area contributed by atoms with Gasteiger partial charge in [-0.2, -0.15) is 0 Å². The van der Waals surface area contributed by atoms with E-state index in [0.29, 0.717) is 12.8 Å². The van der Waals surface area contributed by atoms with Crippen LogP contribution in [0.5, 0.6) is 0 Å². The number of benzene rings is 1. The van der Waals surface area contributed by atoms with Crippen LogP contribution in [0.2, 0.25) is 0 Å². The highest BCUT2D eigenvalue weighted by Crippen LogP contribution is 2.16. The minimum Gasteiger partial charge on any atom is -0.478 e. The van der Waals surface area contributed by atoms with Crippen molar-refractivity contribution in [2.24, 2.45) is 5.14 Å². The zero-order valence-corrected chi connectivity index (χ0v) is 14.3. The van der Waals surface area contributed by atoms with E-state index in [0.717, 1.165) is 5.56 Å². The number of rotatable bonds is 7. The van der Waals surface area contributed by atoms with Gasteiger partial charge in [-0.05, 0) is 24.1 Å². The zero-order chi connectivity index (χ0) is 18.6. The van der Waals surface area contributed by atoms with Crippen molar-refractivity contribution in [2.75, 3.05) is 6.54 Å². The summed E-state index contributed by atoms with van der Waals surface area (Å²) in [4.78, 5) is 23.1. The van der Waals surface area contributed by atoms with Crippen LogP contribution in [-0.4, -0.2) is 31.9 Å². The van der Waals surface area contributed by atoms with Gasteiger partial charge in [-0.25, -0.2) is 18.4 Å². The summed E-state index contributed by atoms with van der Waals surface area (Å²) in [5, 5.41) is 16.7. The highest BCUT2D eigenvalue weighted by Gasteiger charge is 2.19. The van der Waals surface area contributed by atoms with Crippen LogP contribution in [0, 0.1) is 0 Å². The smallest absolute Gasteiger partial charge is 0.339 e. The van der Waals surface area contributed by atoms with Gasteiger partial charge in [0.2, 0.25) is 10.0 Å². The number of nitrogens with one attached hydrogen (secondary N) is 1. The van der Waals surface area contributed by atoms with Gasteiger partial charge in [0, 0.05) is 19.0 Å². The second kappa shape index (κ2) is 7.49. The fraction of sp³-hybridized carbons (Fsp3) is 0.250. The van der Waals surface area contributed by atoms with E-state index in [9.17, 15) is 18.0 Å². The van der Waals surface area contributed by atoms with E-state index >= 15 is 0 Å². The number of hydrogen-bond acceptors (Lipinski definition) is 5. The van der Waals surface area contributed by atoms with Crippen molar-refractivity contribution in [3.8, 4) is 0 Å². The lowest BCUT2D eigenvalue weighted by Crippen LogP contribution is -2.25. The number of aromatic carboxylic acids is 1. The molecule has 1 amide bonds. The molecule has 9 heteroatoms. The lowest BCUT2D eigenvalue weighted by Gasteiger charge is -2.04. The zero-order valence-electron chi connectivity index (χ0n) is 13.5. The molecule has 0 aliphatic rings. The van der Waals surface area contributed by atoms with Crippen LogP contribution in [0.25, 0.3) is 0 Å². The van der Waals surface area contributed by atoms with Crippen molar-refractivity contribution in [1.29, 1.82) is 0 Å². The Hall–Kier alpha value is -2.65. The third kappa shape index (κ3) is 4.68. The Bertz CT molecular complexity index is 884. The van der Waals surface area contributed by atoms with E-state index in [-0.39, 0.29) is 28.5 Å².